The molecule has 3 amide bonds. The van der Waals surface area contributed by atoms with E-state index in [4.69, 9.17) is 4.74 Å². The molecule has 0 saturated carbocycles. The number of hydrogen-bond acceptors (Lipinski definition) is 5. The number of hydrogen-bond donors (Lipinski definition) is 3. The van der Waals surface area contributed by atoms with Gasteiger partial charge >= 0.3 is 18.1 Å². The number of quaternary nitrogens is 1. The molecule has 2 N–H and O–H groups in total. The number of carbonyl (C=O) groups is 3. The highest BCUT2D eigenvalue weighted by atomic mass is 32.1. The van der Waals surface area contributed by atoms with Gasteiger partial charge in [0.1, 0.15) is 12.6 Å². The number of benzene rings is 1. The molecule has 0 spiro atoms. The van der Waals surface area contributed by atoms with Crippen LogP contribution < -0.4 is 5.32 Å². The number of amides is 3. The van der Waals surface area contributed by atoms with E-state index in [1.807, 2.05) is 6.07 Å². The molecule has 8 heteroatoms. The third-order valence-corrected chi connectivity index (χ3v) is 5.12. The summed E-state index contributed by atoms with van der Waals surface area (Å²) in [5.74, 6) is -0.651. The van der Waals surface area contributed by atoms with E-state index < -0.39 is 40.6 Å². The van der Waals surface area contributed by atoms with E-state index in [0.717, 1.165) is 0 Å². The molecule has 0 bridgehead atoms. The third kappa shape index (κ3) is 3.96. The van der Waals surface area contributed by atoms with Gasteiger partial charge in [-0.15, -0.1) is 0 Å². The summed E-state index contributed by atoms with van der Waals surface area (Å²) < 4.78 is 4.62. The summed E-state index contributed by atoms with van der Waals surface area (Å²) in [4.78, 5) is 36.6. The molecule has 1 saturated heterocycles. The second-order valence-electron chi connectivity index (χ2n) is 6.36. The van der Waals surface area contributed by atoms with Crippen LogP contribution in [0, 0.1) is 5.92 Å². The average Bonchev–Trinajstić information content (AvgIpc) is 2.91. The van der Waals surface area contributed by atoms with E-state index in [-0.39, 0.29) is 12.3 Å². The zero-order valence-corrected chi connectivity index (χ0v) is 15.1. The highest BCUT2D eigenvalue weighted by Crippen LogP contribution is 2.32. The van der Waals surface area contributed by atoms with Crippen LogP contribution in [0.2, 0.25) is 0 Å². The molecule has 0 aliphatic carbocycles. The highest BCUT2D eigenvalue weighted by molar-refractivity contribution is 7.80. The summed E-state index contributed by atoms with van der Waals surface area (Å²) in [6, 6.07) is 8.32. The van der Waals surface area contributed by atoms with Gasteiger partial charge in [-0.25, -0.2) is 9.59 Å². The number of anilines is 1. The lowest BCUT2D eigenvalue weighted by atomic mass is 10.1. The Morgan fingerprint density at radius 3 is 2.56 bits per heavy atom. The summed E-state index contributed by atoms with van der Waals surface area (Å²) in [5.41, 5.74) is 0.581. The fourth-order valence-electron chi connectivity index (χ4n) is 3.18. The predicted molar refractivity (Wildman–Crippen MR) is 95.6 cm³/mol. The topological polar surface area (TPSA) is 92.7 Å². The highest BCUT2D eigenvalue weighted by Gasteiger charge is 2.58. The van der Waals surface area contributed by atoms with E-state index in [2.05, 4.69) is 17.9 Å². The molecule has 1 unspecified atom stereocenters. The molecule has 4 atom stereocenters. The zero-order valence-electron chi connectivity index (χ0n) is 14.2. The van der Waals surface area contributed by atoms with E-state index >= 15 is 0 Å². The van der Waals surface area contributed by atoms with Gasteiger partial charge in [-0.3, -0.25) is 5.32 Å². The van der Waals surface area contributed by atoms with Crippen molar-refractivity contribution in [2.45, 2.75) is 32.4 Å². The minimum Gasteiger partial charge on any atom is -0.440 e. The molecule has 1 aliphatic rings. The Labute approximate surface area is 152 Å². The van der Waals surface area contributed by atoms with Gasteiger partial charge in [0.15, 0.2) is 6.10 Å². The van der Waals surface area contributed by atoms with Crippen molar-refractivity contribution in [2.75, 3.05) is 17.6 Å². The van der Waals surface area contributed by atoms with Crippen LogP contribution in [0.3, 0.4) is 0 Å². The minimum atomic E-state index is -1.22. The molecule has 1 aliphatic heterocycles. The Morgan fingerprint density at radius 2 is 2.00 bits per heavy atom. The second-order valence-corrected chi connectivity index (χ2v) is 6.72. The summed E-state index contributed by atoms with van der Waals surface area (Å²) >= 11 is 4.10. The van der Waals surface area contributed by atoms with Gasteiger partial charge in [-0.1, -0.05) is 18.2 Å². The standard InChI is InChI=1S/C17H22N2O5S/c1-11(10-25)15(20)19(17(22)23)9-14(8-12(19)2)24-16(21)18-13-6-4-3-5-7-13/h3-7,11-12,14H,8-10H2,1-2H3,(H2-,18,21,22,23,25)/p+1/t11?,12-,14-,19-/m1/s1. The first kappa shape index (κ1) is 19.3. The third-order valence-electron chi connectivity index (χ3n) is 4.57. The van der Waals surface area contributed by atoms with Crippen LogP contribution in [-0.2, 0) is 9.53 Å². The number of nitrogens with one attached hydrogen (secondary N) is 1. The smallest absolute Gasteiger partial charge is 0.440 e. The van der Waals surface area contributed by atoms with Crippen LogP contribution in [-0.4, -0.2) is 52.1 Å². The van der Waals surface area contributed by atoms with Gasteiger partial charge in [0.05, 0.1) is 5.92 Å². The van der Waals surface area contributed by atoms with Gasteiger partial charge in [0, 0.05) is 17.9 Å². The number of thiol groups is 1. The van der Waals surface area contributed by atoms with Crippen molar-refractivity contribution in [2.24, 2.45) is 5.92 Å². The first-order valence-corrected chi connectivity index (χ1v) is 8.73. The molecule has 7 nitrogen and oxygen atoms in total. The van der Waals surface area contributed by atoms with E-state index in [1.54, 1.807) is 38.1 Å². The molecule has 25 heavy (non-hydrogen) atoms. The van der Waals surface area contributed by atoms with Crippen molar-refractivity contribution >= 4 is 36.4 Å². The lowest BCUT2D eigenvalue weighted by Gasteiger charge is -2.31. The van der Waals surface area contributed by atoms with Crippen LogP contribution in [0.5, 0.6) is 0 Å². The number of nitrogens with zero attached hydrogens (tertiary/aromatic N) is 1. The van der Waals surface area contributed by atoms with Gasteiger partial charge in [-0.2, -0.15) is 21.9 Å². The molecule has 1 aromatic rings. The Bertz CT molecular complexity index is 654. The summed E-state index contributed by atoms with van der Waals surface area (Å²) in [6.07, 6.45) is -2.23. The van der Waals surface area contributed by atoms with Crippen LogP contribution in [0.1, 0.15) is 20.3 Å². The SMILES string of the molecule is CC(CS)C(=O)[N@@+]1(C(=O)O)C[C@H](OC(=O)Nc2ccccc2)C[C@H]1C. The van der Waals surface area contributed by atoms with Crippen LogP contribution >= 0.6 is 12.6 Å². The van der Waals surface area contributed by atoms with Crippen LogP contribution in [0.4, 0.5) is 15.3 Å². The molecule has 1 aromatic carbocycles. The minimum absolute atomic E-state index is 0.0737. The van der Waals surface area contributed by atoms with Gasteiger partial charge in [-0.05, 0) is 26.0 Å². The Balaban J connectivity index is 2.09. The summed E-state index contributed by atoms with van der Waals surface area (Å²) in [5, 5.41) is 12.3. The van der Waals surface area contributed by atoms with Crippen molar-refractivity contribution in [3.8, 4) is 0 Å². The molecular weight excluding hydrogens is 344 g/mol. The van der Waals surface area contributed by atoms with Gasteiger partial charge < -0.3 is 9.84 Å². The number of carbonyl (C=O) groups excluding carboxylic acids is 2. The zero-order chi connectivity index (χ0) is 18.6. The number of rotatable bonds is 4. The Hall–Kier alpha value is -2.06. The van der Waals surface area contributed by atoms with Crippen LogP contribution in [0.25, 0.3) is 0 Å². The van der Waals surface area contributed by atoms with Gasteiger partial charge in [0.2, 0.25) is 0 Å². The van der Waals surface area contributed by atoms with Crippen molar-refractivity contribution in [3.05, 3.63) is 30.3 Å². The fourth-order valence-corrected chi connectivity index (χ4v) is 3.34. The first-order chi connectivity index (χ1) is 11.8. The number of likely N-dealkylation sites (tertiary alicyclic amines) is 1. The molecular formula is C17H23N2O5S+. The maximum Gasteiger partial charge on any atom is 0.521 e. The molecule has 136 valence electrons. The maximum atomic E-state index is 12.7. The molecule has 1 heterocycles. The second kappa shape index (κ2) is 7.88. The normalized spacial score (nSPS) is 26.7. The lowest BCUT2D eigenvalue weighted by Crippen LogP contribution is -2.61. The monoisotopic (exact) mass is 367 g/mol. The van der Waals surface area contributed by atoms with Crippen LogP contribution in [0.15, 0.2) is 30.3 Å². The molecule has 1 fully saturated rings. The van der Waals surface area contributed by atoms with Crippen molar-refractivity contribution in [1.82, 2.24) is 0 Å². The maximum absolute atomic E-state index is 12.7. The number of para-hydroxylation sites is 1. The average molecular weight is 367 g/mol. The molecule has 0 radical (unpaired) electrons. The van der Waals surface area contributed by atoms with Gasteiger partial charge in [0.25, 0.3) is 0 Å². The molecule has 0 aromatic heterocycles. The van der Waals surface area contributed by atoms with E-state index in [9.17, 15) is 19.5 Å². The number of ether oxygens (including phenoxy) is 1. The summed E-state index contributed by atoms with van der Waals surface area (Å²) in [7, 11) is 0. The van der Waals surface area contributed by atoms with Crippen molar-refractivity contribution < 1.29 is 28.7 Å². The first-order valence-electron chi connectivity index (χ1n) is 8.10. The lowest BCUT2D eigenvalue weighted by molar-refractivity contribution is -0.795. The Kier molecular flexibility index (Phi) is 6.07. The van der Waals surface area contributed by atoms with Crippen molar-refractivity contribution in [3.63, 3.8) is 0 Å². The Morgan fingerprint density at radius 1 is 1.36 bits per heavy atom. The van der Waals surface area contributed by atoms with E-state index in [0.29, 0.717) is 12.1 Å². The number of imide groups is 1. The number of carboxylic acid groups (broad SMARTS) is 1. The quantitative estimate of drug-likeness (QED) is 0.562. The predicted octanol–water partition coefficient (Wildman–Crippen LogP) is 2.98. The largest absolute Gasteiger partial charge is 0.521 e. The fraction of sp³-hybridized carbons (Fsp3) is 0.471. The van der Waals surface area contributed by atoms with E-state index in [1.165, 1.54) is 0 Å². The van der Waals surface area contributed by atoms with Crippen molar-refractivity contribution in [1.29, 1.82) is 0 Å². The molecule has 2 rings (SSSR count). The summed E-state index contributed by atoms with van der Waals surface area (Å²) in [6.45, 7) is 3.27.